The van der Waals surface area contributed by atoms with Crippen LogP contribution in [0.3, 0.4) is 0 Å². The number of alkyl halides is 1. The van der Waals surface area contributed by atoms with Gasteiger partial charge in [0, 0.05) is 19.5 Å². The van der Waals surface area contributed by atoms with Crippen LogP contribution in [0.4, 0.5) is 0 Å². The Kier molecular flexibility index (Phi) is 8.65. The number of rotatable bonds is 9. The number of unbranched alkanes of at least 4 members (excludes halogenated alkanes) is 6. The summed E-state index contributed by atoms with van der Waals surface area (Å²) in [5, 5.41) is 0. The van der Waals surface area contributed by atoms with E-state index in [0.717, 1.165) is 6.42 Å². The van der Waals surface area contributed by atoms with E-state index in [9.17, 15) is 4.79 Å². The summed E-state index contributed by atoms with van der Waals surface area (Å²) in [5.41, 5.74) is -0.284. The first kappa shape index (κ1) is 18.8. The number of amides is 1. The molecule has 0 spiro atoms. The number of carbonyl (C=O) groups excluding carboxylic acids is 1. The van der Waals surface area contributed by atoms with E-state index in [-0.39, 0.29) is 17.6 Å². The molecule has 1 atom stereocenters. The molecule has 1 aliphatic heterocycles. The Labute approximate surface area is 135 Å². The van der Waals surface area contributed by atoms with E-state index in [2.05, 4.69) is 6.92 Å². The molecule has 3 nitrogen and oxygen atoms in total. The van der Waals surface area contributed by atoms with Gasteiger partial charge in [0.25, 0.3) is 0 Å². The lowest BCUT2D eigenvalue weighted by atomic mass is 10.0. The van der Waals surface area contributed by atoms with Crippen molar-refractivity contribution in [3.63, 3.8) is 0 Å². The van der Waals surface area contributed by atoms with Crippen LogP contribution in [-0.2, 0) is 9.53 Å². The Morgan fingerprint density at radius 3 is 2.43 bits per heavy atom. The van der Waals surface area contributed by atoms with Crippen molar-refractivity contribution in [1.82, 2.24) is 4.90 Å². The minimum absolute atomic E-state index is 0.0339. The van der Waals surface area contributed by atoms with Crippen molar-refractivity contribution in [2.45, 2.75) is 83.8 Å². The van der Waals surface area contributed by atoms with Gasteiger partial charge in [0.2, 0.25) is 5.91 Å². The molecule has 4 heteroatoms. The van der Waals surface area contributed by atoms with Crippen molar-refractivity contribution in [2.24, 2.45) is 0 Å². The normalized spacial score (nSPS) is 21.5. The average Bonchev–Trinajstić information content (AvgIpc) is 2.44. The summed E-state index contributed by atoms with van der Waals surface area (Å²) in [7, 11) is 0. The summed E-state index contributed by atoms with van der Waals surface area (Å²) >= 11 is 5.90. The van der Waals surface area contributed by atoms with Crippen LogP contribution >= 0.6 is 11.6 Å². The lowest BCUT2D eigenvalue weighted by Crippen LogP contribution is -2.55. The second-order valence-electron chi connectivity index (χ2n) is 6.80. The molecule has 124 valence electrons. The number of hydrogen-bond donors (Lipinski definition) is 0. The molecule has 21 heavy (non-hydrogen) atoms. The Morgan fingerprint density at radius 1 is 1.19 bits per heavy atom. The highest BCUT2D eigenvalue weighted by Gasteiger charge is 2.34. The van der Waals surface area contributed by atoms with Crippen LogP contribution in [0.15, 0.2) is 0 Å². The molecule has 1 amide bonds. The topological polar surface area (TPSA) is 29.5 Å². The lowest BCUT2D eigenvalue weighted by molar-refractivity contribution is -0.157. The predicted octanol–water partition coefficient (Wildman–Crippen LogP) is 4.37. The second kappa shape index (κ2) is 9.68. The number of carbonyl (C=O) groups is 1. The maximum atomic E-state index is 12.3. The summed E-state index contributed by atoms with van der Waals surface area (Å²) in [6, 6.07) is 0. The third kappa shape index (κ3) is 7.51. The summed E-state index contributed by atoms with van der Waals surface area (Å²) in [6.45, 7) is 7.61. The van der Waals surface area contributed by atoms with Crippen molar-refractivity contribution < 1.29 is 9.53 Å². The molecular weight excluding hydrogens is 286 g/mol. The molecule has 1 aliphatic rings. The van der Waals surface area contributed by atoms with Crippen molar-refractivity contribution in [3.05, 3.63) is 0 Å². The van der Waals surface area contributed by atoms with Gasteiger partial charge in [-0.05, 0) is 20.3 Å². The maximum absolute atomic E-state index is 12.3. The number of hydrogen-bond acceptors (Lipinski definition) is 2. The van der Waals surface area contributed by atoms with Gasteiger partial charge in [-0.3, -0.25) is 4.79 Å². The van der Waals surface area contributed by atoms with Gasteiger partial charge >= 0.3 is 0 Å². The summed E-state index contributed by atoms with van der Waals surface area (Å²) < 4.78 is 5.86. The Hall–Kier alpha value is -0.280. The monoisotopic (exact) mass is 317 g/mol. The van der Waals surface area contributed by atoms with Crippen LogP contribution in [0.25, 0.3) is 0 Å². The van der Waals surface area contributed by atoms with Gasteiger partial charge in [0.15, 0.2) is 0 Å². The number of ether oxygens (including phenoxy) is 1. The third-order valence-electron chi connectivity index (χ3n) is 4.00. The fraction of sp³-hybridized carbons (Fsp3) is 0.941. The molecule has 0 aliphatic carbocycles. The van der Waals surface area contributed by atoms with Crippen LogP contribution < -0.4 is 0 Å². The zero-order chi connectivity index (χ0) is 15.7. The van der Waals surface area contributed by atoms with E-state index in [1.54, 1.807) is 0 Å². The Morgan fingerprint density at radius 2 is 1.81 bits per heavy atom. The van der Waals surface area contributed by atoms with Crippen molar-refractivity contribution in [3.8, 4) is 0 Å². The predicted molar refractivity (Wildman–Crippen MR) is 88.9 cm³/mol. The van der Waals surface area contributed by atoms with Gasteiger partial charge in [-0.2, -0.15) is 0 Å². The lowest BCUT2D eigenvalue weighted by Gasteiger charge is -2.42. The zero-order valence-electron chi connectivity index (χ0n) is 14.0. The summed E-state index contributed by atoms with van der Waals surface area (Å²) in [6.07, 6.45) is 9.32. The SMILES string of the molecule is CCCCCCCCCC(=O)N1CC(CCl)OC(C)(C)C1. The molecule has 0 N–H and O–H groups in total. The van der Waals surface area contributed by atoms with Crippen LogP contribution in [-0.4, -0.2) is 41.5 Å². The minimum Gasteiger partial charge on any atom is -0.367 e. The molecule has 0 aromatic rings. The average molecular weight is 318 g/mol. The second-order valence-corrected chi connectivity index (χ2v) is 7.11. The van der Waals surface area contributed by atoms with E-state index < -0.39 is 0 Å². The molecule has 0 bridgehead atoms. The van der Waals surface area contributed by atoms with Crippen molar-refractivity contribution in [2.75, 3.05) is 19.0 Å². The largest absolute Gasteiger partial charge is 0.367 e. The first-order chi connectivity index (χ1) is 9.98. The standard InChI is InChI=1S/C17H32ClNO2/c1-4-5-6-7-8-9-10-11-16(20)19-13-15(12-18)21-17(2,3)14-19/h15H,4-14H2,1-3H3. The quantitative estimate of drug-likeness (QED) is 0.467. The molecule has 1 rings (SSSR count). The van der Waals surface area contributed by atoms with Crippen LogP contribution in [0.2, 0.25) is 0 Å². The van der Waals surface area contributed by atoms with Gasteiger partial charge in [0.05, 0.1) is 17.6 Å². The molecule has 1 unspecified atom stereocenters. The maximum Gasteiger partial charge on any atom is 0.222 e. The molecule has 0 saturated carbocycles. The first-order valence-corrected chi connectivity index (χ1v) is 9.03. The summed E-state index contributed by atoms with van der Waals surface area (Å²) in [4.78, 5) is 14.2. The van der Waals surface area contributed by atoms with E-state index in [1.165, 1.54) is 38.5 Å². The van der Waals surface area contributed by atoms with Crippen molar-refractivity contribution in [1.29, 1.82) is 0 Å². The van der Waals surface area contributed by atoms with Gasteiger partial charge in [-0.15, -0.1) is 11.6 Å². The van der Waals surface area contributed by atoms with Crippen molar-refractivity contribution >= 4 is 17.5 Å². The minimum atomic E-state index is -0.284. The van der Waals surface area contributed by atoms with Gasteiger partial charge < -0.3 is 9.64 Å². The van der Waals surface area contributed by atoms with Crippen LogP contribution in [0.1, 0.15) is 72.1 Å². The molecule has 1 fully saturated rings. The van der Waals surface area contributed by atoms with Gasteiger partial charge in [-0.25, -0.2) is 0 Å². The smallest absolute Gasteiger partial charge is 0.222 e. The molecule has 1 saturated heterocycles. The number of morpholine rings is 1. The zero-order valence-corrected chi connectivity index (χ0v) is 14.8. The van der Waals surface area contributed by atoms with E-state index in [1.807, 2.05) is 18.7 Å². The fourth-order valence-corrected chi connectivity index (χ4v) is 3.12. The molecule has 0 aromatic heterocycles. The van der Waals surface area contributed by atoms with E-state index in [4.69, 9.17) is 16.3 Å². The third-order valence-corrected chi connectivity index (χ3v) is 4.34. The molecule has 0 radical (unpaired) electrons. The number of nitrogens with zero attached hydrogens (tertiary/aromatic N) is 1. The van der Waals surface area contributed by atoms with E-state index >= 15 is 0 Å². The van der Waals surface area contributed by atoms with E-state index in [0.29, 0.717) is 25.4 Å². The van der Waals surface area contributed by atoms with Crippen LogP contribution in [0.5, 0.6) is 0 Å². The highest BCUT2D eigenvalue weighted by Crippen LogP contribution is 2.22. The summed E-state index contributed by atoms with van der Waals surface area (Å²) in [5.74, 6) is 0.708. The highest BCUT2D eigenvalue weighted by molar-refractivity contribution is 6.18. The Balaban J connectivity index is 2.22. The molecule has 0 aromatic carbocycles. The molecular formula is C17H32ClNO2. The highest BCUT2D eigenvalue weighted by atomic mass is 35.5. The number of halogens is 1. The Bertz CT molecular complexity index is 307. The fourth-order valence-electron chi connectivity index (χ4n) is 2.96. The van der Waals surface area contributed by atoms with Gasteiger partial charge in [0.1, 0.15) is 0 Å². The van der Waals surface area contributed by atoms with Gasteiger partial charge in [-0.1, -0.05) is 45.4 Å². The van der Waals surface area contributed by atoms with Crippen LogP contribution in [0, 0.1) is 0 Å². The first-order valence-electron chi connectivity index (χ1n) is 8.50. The molecule has 1 heterocycles.